The van der Waals surface area contributed by atoms with Gasteiger partial charge in [0.15, 0.2) is 0 Å². The van der Waals surface area contributed by atoms with Gasteiger partial charge in [0.1, 0.15) is 11.5 Å². The second kappa shape index (κ2) is 9.37. The predicted octanol–water partition coefficient (Wildman–Crippen LogP) is 7.46. The number of aromatic hydroxyl groups is 2. The number of benzene rings is 1. The summed E-state index contributed by atoms with van der Waals surface area (Å²) in [4.78, 5) is 0. The van der Waals surface area contributed by atoms with Gasteiger partial charge in [-0.15, -0.1) is 0 Å². The van der Waals surface area contributed by atoms with Crippen LogP contribution < -0.4 is 0 Å². The summed E-state index contributed by atoms with van der Waals surface area (Å²) in [6, 6.07) is 3.69. The Morgan fingerprint density at radius 3 is 2.15 bits per heavy atom. The number of alkyl halides is 1. The van der Waals surface area contributed by atoms with Crippen LogP contribution in [0.5, 0.6) is 11.5 Å². The van der Waals surface area contributed by atoms with Crippen LogP contribution in [-0.2, 0) is 12.8 Å². The van der Waals surface area contributed by atoms with Gasteiger partial charge < -0.3 is 10.2 Å². The van der Waals surface area contributed by atoms with Crippen molar-refractivity contribution in [1.29, 1.82) is 0 Å². The van der Waals surface area contributed by atoms with Crippen molar-refractivity contribution in [1.82, 2.24) is 0 Å². The Balaban J connectivity index is 1.39. The lowest BCUT2D eigenvalue weighted by Gasteiger charge is -2.13. The van der Waals surface area contributed by atoms with Gasteiger partial charge in [0.2, 0.25) is 0 Å². The zero-order valence-electron chi connectivity index (χ0n) is 17.0. The third-order valence-electron chi connectivity index (χ3n) is 7.05. The highest BCUT2D eigenvalue weighted by atomic mass is 127. The van der Waals surface area contributed by atoms with Crippen molar-refractivity contribution in [3.63, 3.8) is 0 Å². The van der Waals surface area contributed by atoms with Crippen LogP contribution in [0.25, 0.3) is 0 Å². The molecular weight excluding hydrogens is 447 g/mol. The van der Waals surface area contributed by atoms with Gasteiger partial charge in [-0.05, 0) is 81.3 Å². The molecule has 0 atom stereocenters. The van der Waals surface area contributed by atoms with E-state index in [-0.39, 0.29) is 5.75 Å². The second-order valence-electron chi connectivity index (χ2n) is 9.20. The Labute approximate surface area is 179 Å². The van der Waals surface area contributed by atoms with Crippen molar-refractivity contribution < 1.29 is 10.2 Å². The van der Waals surface area contributed by atoms with Gasteiger partial charge in [-0.1, -0.05) is 67.7 Å². The van der Waals surface area contributed by atoms with Gasteiger partial charge >= 0.3 is 0 Å². The van der Waals surface area contributed by atoms with Crippen molar-refractivity contribution in [3.05, 3.63) is 23.3 Å². The maximum atomic E-state index is 10.6. The maximum Gasteiger partial charge on any atom is 0.125 e. The van der Waals surface area contributed by atoms with Crippen LogP contribution in [0.2, 0.25) is 0 Å². The van der Waals surface area contributed by atoms with Crippen LogP contribution in [-0.4, -0.2) is 13.6 Å². The maximum absolute atomic E-state index is 10.6. The van der Waals surface area contributed by atoms with Gasteiger partial charge in [0.25, 0.3) is 0 Å². The fourth-order valence-corrected chi connectivity index (χ4v) is 5.03. The molecule has 0 heterocycles. The number of hydrogen-bond donors (Lipinski definition) is 2. The topological polar surface area (TPSA) is 40.5 Å². The standard InChI is InChI=1S/C24H37IO2/c1-2-23(15-16-23)13-7-3-5-9-19-11-12-21(26)20(22(19)27)10-6-4-8-14-24(25)17-18-24/h11-12,26-27H,2-10,13-18H2,1H3. The summed E-state index contributed by atoms with van der Waals surface area (Å²) in [7, 11) is 0. The van der Waals surface area contributed by atoms with Crippen LogP contribution in [0.1, 0.15) is 102 Å². The van der Waals surface area contributed by atoms with Crippen molar-refractivity contribution in [2.24, 2.45) is 5.41 Å². The molecule has 2 aliphatic rings. The number of aryl methyl sites for hydroxylation is 1. The molecule has 3 heteroatoms. The molecule has 27 heavy (non-hydrogen) atoms. The summed E-state index contributed by atoms with van der Waals surface area (Å²) in [6.45, 7) is 2.33. The third kappa shape index (κ3) is 6.27. The molecule has 1 aromatic rings. The van der Waals surface area contributed by atoms with E-state index in [1.807, 2.05) is 6.07 Å². The smallest absolute Gasteiger partial charge is 0.125 e. The Bertz CT molecular complexity index is 617. The van der Waals surface area contributed by atoms with E-state index in [0.717, 1.165) is 36.8 Å². The molecule has 2 fully saturated rings. The fraction of sp³-hybridized carbons (Fsp3) is 0.750. The summed E-state index contributed by atoms with van der Waals surface area (Å²) in [5, 5.41) is 20.8. The quantitative estimate of drug-likeness (QED) is 0.173. The van der Waals surface area contributed by atoms with E-state index in [4.69, 9.17) is 0 Å². The van der Waals surface area contributed by atoms with Crippen molar-refractivity contribution in [2.75, 3.05) is 0 Å². The first-order valence-electron chi connectivity index (χ1n) is 11.2. The molecule has 152 valence electrons. The Hall–Kier alpha value is -0.450. The van der Waals surface area contributed by atoms with E-state index in [2.05, 4.69) is 29.5 Å². The highest BCUT2D eigenvalue weighted by molar-refractivity contribution is 14.1. The monoisotopic (exact) mass is 484 g/mol. The Morgan fingerprint density at radius 2 is 1.52 bits per heavy atom. The van der Waals surface area contributed by atoms with Gasteiger partial charge in [-0.3, -0.25) is 0 Å². The highest BCUT2D eigenvalue weighted by Crippen LogP contribution is 2.52. The lowest BCUT2D eigenvalue weighted by molar-refractivity contribution is 0.418. The Morgan fingerprint density at radius 1 is 0.852 bits per heavy atom. The van der Waals surface area contributed by atoms with Gasteiger partial charge in [0, 0.05) is 8.99 Å². The molecular formula is C24H37IO2. The fourth-order valence-electron chi connectivity index (χ4n) is 4.38. The first-order chi connectivity index (χ1) is 13.0. The van der Waals surface area contributed by atoms with Gasteiger partial charge in [-0.2, -0.15) is 0 Å². The molecule has 2 nitrogen and oxygen atoms in total. The summed E-state index contributed by atoms with van der Waals surface area (Å²) < 4.78 is 0.609. The molecule has 0 radical (unpaired) electrons. The van der Waals surface area contributed by atoms with E-state index in [1.165, 1.54) is 70.6 Å². The van der Waals surface area contributed by atoms with Crippen LogP contribution in [0.3, 0.4) is 0 Å². The zero-order chi connectivity index (χ0) is 19.3. The molecule has 2 saturated carbocycles. The molecule has 2 aliphatic carbocycles. The normalized spacial score (nSPS) is 19.2. The van der Waals surface area contributed by atoms with E-state index >= 15 is 0 Å². The van der Waals surface area contributed by atoms with Gasteiger partial charge in [-0.25, -0.2) is 0 Å². The van der Waals surface area contributed by atoms with E-state index < -0.39 is 0 Å². The molecule has 0 saturated heterocycles. The van der Waals surface area contributed by atoms with Crippen molar-refractivity contribution >= 4 is 22.6 Å². The number of hydrogen-bond acceptors (Lipinski definition) is 2. The van der Waals surface area contributed by atoms with Crippen LogP contribution >= 0.6 is 22.6 Å². The van der Waals surface area contributed by atoms with E-state index in [0.29, 0.717) is 14.6 Å². The van der Waals surface area contributed by atoms with Gasteiger partial charge in [0.05, 0.1) is 0 Å². The molecule has 0 amide bonds. The summed E-state index contributed by atoms with van der Waals surface area (Å²) in [5.74, 6) is 0.622. The number of unbranched alkanes of at least 4 members (excludes halogenated alkanes) is 4. The van der Waals surface area contributed by atoms with Crippen molar-refractivity contribution in [2.45, 2.75) is 107 Å². The van der Waals surface area contributed by atoms with Crippen molar-refractivity contribution in [3.8, 4) is 11.5 Å². The van der Waals surface area contributed by atoms with Crippen LogP contribution in [0.15, 0.2) is 12.1 Å². The number of halogens is 1. The molecule has 3 rings (SSSR count). The summed E-state index contributed by atoms with van der Waals surface area (Å²) in [5.41, 5.74) is 2.49. The summed E-state index contributed by atoms with van der Waals surface area (Å²) >= 11 is 2.61. The number of rotatable bonds is 13. The number of phenolic OH excluding ortho intramolecular Hbond substituents is 2. The van der Waals surface area contributed by atoms with E-state index in [1.54, 1.807) is 6.07 Å². The Kier molecular flexibility index (Phi) is 7.38. The molecule has 0 unspecified atom stereocenters. The SMILES string of the molecule is CCC1(CCCCCc2ccc(O)c(CCCCCC3(I)CC3)c2O)CC1. The predicted molar refractivity (Wildman–Crippen MR) is 122 cm³/mol. The van der Waals surface area contributed by atoms with E-state index in [9.17, 15) is 10.2 Å². The minimum atomic E-state index is 0.266. The van der Waals surface area contributed by atoms with Crippen LogP contribution in [0, 0.1) is 5.41 Å². The summed E-state index contributed by atoms with van der Waals surface area (Å²) in [6.07, 6.45) is 18.6. The number of phenols is 2. The average Bonchev–Trinajstić information content (AvgIpc) is 3.57. The minimum Gasteiger partial charge on any atom is -0.508 e. The average molecular weight is 484 g/mol. The largest absolute Gasteiger partial charge is 0.508 e. The second-order valence-corrected chi connectivity index (χ2v) is 11.5. The molecule has 0 bridgehead atoms. The first-order valence-corrected chi connectivity index (χ1v) is 12.3. The first kappa shape index (κ1) is 21.3. The highest BCUT2D eigenvalue weighted by Gasteiger charge is 2.39. The lowest BCUT2D eigenvalue weighted by atomic mass is 9.94. The molecule has 0 aromatic heterocycles. The lowest BCUT2D eigenvalue weighted by Crippen LogP contribution is -1.98. The molecule has 1 aromatic carbocycles. The minimum absolute atomic E-state index is 0.266. The molecule has 2 N–H and O–H groups in total. The van der Waals surface area contributed by atoms with Crippen LogP contribution in [0.4, 0.5) is 0 Å². The molecule has 0 spiro atoms. The third-order valence-corrected chi connectivity index (χ3v) is 8.66. The zero-order valence-corrected chi connectivity index (χ0v) is 19.2. The molecule has 0 aliphatic heterocycles.